The number of H-pyrrole nitrogens is 1. The number of nitrogen functional groups attached to an aromatic ring is 1. The number of aromatic amines is 1. The van der Waals surface area contributed by atoms with Crippen LogP contribution < -0.4 is 16.6 Å². The van der Waals surface area contributed by atoms with Crippen LogP contribution in [0, 0.1) is 0 Å². The summed E-state index contributed by atoms with van der Waals surface area (Å²) in [5.41, 5.74) is 6.88. The van der Waals surface area contributed by atoms with E-state index in [0.717, 1.165) is 0 Å². The Kier molecular flexibility index (Phi) is 2.78. The van der Waals surface area contributed by atoms with Gasteiger partial charge in [-0.25, -0.2) is 5.10 Å². The van der Waals surface area contributed by atoms with Crippen LogP contribution in [-0.2, 0) is 0 Å². The first-order valence-electron chi connectivity index (χ1n) is 4.53. The van der Waals surface area contributed by atoms with E-state index in [1.165, 1.54) is 6.07 Å². The van der Waals surface area contributed by atoms with Gasteiger partial charge in [-0.15, -0.1) is 0 Å². The molecule has 0 aliphatic rings. The average Bonchev–Trinajstić information content (AvgIpc) is 2.27. The fraction of sp³-hybridized carbons (Fsp3) is 0. The Balaban J connectivity index is 2.38. The highest BCUT2D eigenvalue weighted by atomic mass is 35.5. The van der Waals surface area contributed by atoms with Gasteiger partial charge in [-0.3, -0.25) is 4.79 Å². The predicted molar refractivity (Wildman–Crippen MR) is 64.0 cm³/mol. The number of hydrogen-bond acceptors (Lipinski definition) is 4. The number of nitrogens with one attached hydrogen (secondary N) is 2. The van der Waals surface area contributed by atoms with Crippen LogP contribution in [0.15, 0.2) is 35.1 Å². The minimum Gasteiger partial charge on any atom is -0.397 e. The summed E-state index contributed by atoms with van der Waals surface area (Å²) >= 11 is 5.67. The number of para-hydroxylation sites is 2. The molecule has 2 aromatic rings. The second-order valence-electron chi connectivity index (χ2n) is 3.15. The molecule has 0 unspecified atom stereocenters. The molecular formula is C10H9ClN4O. The fourth-order valence-corrected chi connectivity index (χ4v) is 1.38. The molecule has 16 heavy (non-hydrogen) atoms. The third kappa shape index (κ3) is 2.14. The third-order valence-electron chi connectivity index (χ3n) is 2.00. The summed E-state index contributed by atoms with van der Waals surface area (Å²) in [6.45, 7) is 0. The molecule has 0 fully saturated rings. The number of hydrogen-bond donors (Lipinski definition) is 3. The lowest BCUT2D eigenvalue weighted by Crippen LogP contribution is -2.13. The minimum atomic E-state index is -0.354. The van der Waals surface area contributed by atoms with Crippen molar-refractivity contribution in [1.82, 2.24) is 10.2 Å². The number of halogens is 1. The van der Waals surface area contributed by atoms with Crippen LogP contribution >= 0.6 is 11.6 Å². The Hall–Kier alpha value is -2.01. The van der Waals surface area contributed by atoms with Gasteiger partial charge in [0, 0.05) is 6.07 Å². The summed E-state index contributed by atoms with van der Waals surface area (Å²) in [5.74, 6) is 0. The molecule has 2 rings (SSSR count). The minimum absolute atomic E-state index is 0.205. The molecule has 0 amide bonds. The first kappa shape index (κ1) is 10.5. The van der Waals surface area contributed by atoms with E-state index in [0.29, 0.717) is 17.1 Å². The van der Waals surface area contributed by atoms with Crippen molar-refractivity contribution >= 4 is 28.7 Å². The highest BCUT2D eigenvalue weighted by Crippen LogP contribution is 2.20. The molecule has 1 heterocycles. The maximum atomic E-state index is 11.4. The predicted octanol–water partition coefficient (Wildman–Crippen LogP) is 1.75. The zero-order valence-corrected chi connectivity index (χ0v) is 8.95. The quantitative estimate of drug-likeness (QED) is 0.694. The Morgan fingerprint density at radius 1 is 1.31 bits per heavy atom. The Bertz CT molecular complexity index is 567. The number of anilines is 3. The second-order valence-corrected chi connectivity index (χ2v) is 3.53. The highest BCUT2D eigenvalue weighted by molar-refractivity contribution is 6.29. The Morgan fingerprint density at radius 2 is 2.06 bits per heavy atom. The molecule has 0 aliphatic heterocycles. The maximum Gasteiger partial charge on any atom is 0.287 e. The second kappa shape index (κ2) is 4.24. The van der Waals surface area contributed by atoms with E-state index >= 15 is 0 Å². The van der Waals surface area contributed by atoms with Crippen molar-refractivity contribution in [2.24, 2.45) is 0 Å². The zero-order chi connectivity index (χ0) is 11.5. The zero-order valence-electron chi connectivity index (χ0n) is 8.20. The summed E-state index contributed by atoms with van der Waals surface area (Å²) in [4.78, 5) is 11.4. The van der Waals surface area contributed by atoms with Gasteiger partial charge in [0.1, 0.15) is 5.69 Å². The van der Waals surface area contributed by atoms with Crippen molar-refractivity contribution in [3.8, 4) is 0 Å². The molecule has 0 bridgehead atoms. The Labute approximate surface area is 96.3 Å². The van der Waals surface area contributed by atoms with Crippen LogP contribution in [0.2, 0.25) is 5.15 Å². The van der Waals surface area contributed by atoms with Crippen LogP contribution in [0.25, 0.3) is 0 Å². The van der Waals surface area contributed by atoms with Crippen LogP contribution in [0.1, 0.15) is 0 Å². The van der Waals surface area contributed by atoms with Crippen molar-refractivity contribution in [3.05, 3.63) is 45.8 Å². The standard InChI is InChI=1S/C10H9ClN4O/c11-9-5-8(10(16)15-14-9)13-7-4-2-1-3-6(7)12/h1-5H,12H2,(H,13,14)(H,15,16). The largest absolute Gasteiger partial charge is 0.397 e. The lowest BCUT2D eigenvalue weighted by atomic mass is 10.2. The SMILES string of the molecule is Nc1ccccc1Nc1cc(Cl)n[nH]c1=O. The van der Waals surface area contributed by atoms with E-state index in [2.05, 4.69) is 15.5 Å². The highest BCUT2D eigenvalue weighted by Gasteiger charge is 2.03. The topological polar surface area (TPSA) is 83.8 Å². The van der Waals surface area contributed by atoms with Gasteiger partial charge in [0.05, 0.1) is 11.4 Å². The molecule has 5 nitrogen and oxygen atoms in total. The van der Waals surface area contributed by atoms with E-state index in [4.69, 9.17) is 17.3 Å². The molecule has 0 atom stereocenters. The van der Waals surface area contributed by atoms with E-state index in [1.807, 2.05) is 12.1 Å². The van der Waals surface area contributed by atoms with Gasteiger partial charge in [-0.05, 0) is 12.1 Å². The summed E-state index contributed by atoms with van der Waals surface area (Å²) in [6.07, 6.45) is 0. The van der Waals surface area contributed by atoms with E-state index in [9.17, 15) is 4.79 Å². The van der Waals surface area contributed by atoms with Gasteiger partial charge in [-0.2, -0.15) is 5.10 Å². The van der Waals surface area contributed by atoms with Gasteiger partial charge in [-0.1, -0.05) is 23.7 Å². The number of rotatable bonds is 2. The van der Waals surface area contributed by atoms with E-state index in [1.54, 1.807) is 12.1 Å². The van der Waals surface area contributed by atoms with Gasteiger partial charge < -0.3 is 11.1 Å². The number of nitrogens with zero attached hydrogens (tertiary/aromatic N) is 1. The van der Waals surface area contributed by atoms with Crippen molar-refractivity contribution in [1.29, 1.82) is 0 Å². The van der Waals surface area contributed by atoms with Crippen LogP contribution in [0.5, 0.6) is 0 Å². The monoisotopic (exact) mass is 236 g/mol. The molecule has 0 radical (unpaired) electrons. The van der Waals surface area contributed by atoms with Crippen LogP contribution in [0.3, 0.4) is 0 Å². The van der Waals surface area contributed by atoms with Gasteiger partial charge >= 0.3 is 0 Å². The summed E-state index contributed by atoms with van der Waals surface area (Å²) in [7, 11) is 0. The molecule has 1 aromatic carbocycles. The summed E-state index contributed by atoms with van der Waals surface area (Å²) in [6, 6.07) is 8.56. The summed E-state index contributed by atoms with van der Waals surface area (Å²) < 4.78 is 0. The first-order valence-corrected chi connectivity index (χ1v) is 4.91. The smallest absolute Gasteiger partial charge is 0.287 e. The molecular weight excluding hydrogens is 228 g/mol. The molecule has 82 valence electrons. The molecule has 4 N–H and O–H groups in total. The van der Waals surface area contributed by atoms with Gasteiger partial charge in [0.2, 0.25) is 0 Å². The molecule has 0 spiro atoms. The number of aromatic nitrogens is 2. The molecule has 6 heteroatoms. The van der Waals surface area contributed by atoms with Crippen LogP contribution in [0.4, 0.5) is 17.1 Å². The summed E-state index contributed by atoms with van der Waals surface area (Å²) in [5, 5.41) is 8.92. The molecule has 0 saturated carbocycles. The average molecular weight is 237 g/mol. The van der Waals surface area contributed by atoms with Crippen molar-refractivity contribution in [2.45, 2.75) is 0 Å². The lowest BCUT2D eigenvalue weighted by Gasteiger charge is -2.07. The normalized spacial score (nSPS) is 10.1. The van der Waals surface area contributed by atoms with Crippen molar-refractivity contribution in [3.63, 3.8) is 0 Å². The number of benzene rings is 1. The van der Waals surface area contributed by atoms with Crippen molar-refractivity contribution in [2.75, 3.05) is 11.1 Å². The Morgan fingerprint density at radius 3 is 2.81 bits per heavy atom. The van der Waals surface area contributed by atoms with Crippen molar-refractivity contribution < 1.29 is 0 Å². The van der Waals surface area contributed by atoms with Crippen LogP contribution in [-0.4, -0.2) is 10.2 Å². The number of nitrogens with two attached hydrogens (primary N) is 1. The lowest BCUT2D eigenvalue weighted by molar-refractivity contribution is 0.992. The van der Waals surface area contributed by atoms with Gasteiger partial charge in [0.15, 0.2) is 5.15 Å². The van der Waals surface area contributed by atoms with E-state index < -0.39 is 0 Å². The fourth-order valence-electron chi connectivity index (χ4n) is 1.23. The molecule has 1 aromatic heterocycles. The molecule has 0 saturated heterocycles. The van der Waals surface area contributed by atoms with E-state index in [-0.39, 0.29) is 10.7 Å². The maximum absolute atomic E-state index is 11.4. The molecule has 0 aliphatic carbocycles. The first-order chi connectivity index (χ1) is 7.66. The third-order valence-corrected chi connectivity index (χ3v) is 2.20. The van der Waals surface area contributed by atoms with Gasteiger partial charge in [0.25, 0.3) is 5.56 Å².